The fourth-order valence-corrected chi connectivity index (χ4v) is 2.41. The summed E-state index contributed by atoms with van der Waals surface area (Å²) in [7, 11) is 1.61. The van der Waals surface area contributed by atoms with Crippen molar-refractivity contribution in [3.8, 4) is 11.8 Å². The predicted octanol–water partition coefficient (Wildman–Crippen LogP) is 0.942. The summed E-state index contributed by atoms with van der Waals surface area (Å²) in [5.41, 5.74) is 9.56. The van der Waals surface area contributed by atoms with Crippen LogP contribution in [0.15, 0.2) is 54.5 Å². The first-order valence-corrected chi connectivity index (χ1v) is 7.76. The molecule has 1 aromatic carbocycles. The average Bonchev–Trinajstić information content (AvgIpc) is 3.11. The van der Waals surface area contributed by atoms with Crippen LogP contribution in [-0.2, 0) is 0 Å². The summed E-state index contributed by atoms with van der Waals surface area (Å²) < 4.78 is 5.21. The number of allylic oxidation sites excluding steroid dienone is 2. The van der Waals surface area contributed by atoms with Gasteiger partial charge in [-0.1, -0.05) is 6.08 Å². The van der Waals surface area contributed by atoms with E-state index in [-0.39, 0.29) is 0 Å². The van der Waals surface area contributed by atoms with E-state index >= 15 is 0 Å². The van der Waals surface area contributed by atoms with Gasteiger partial charge in [-0.3, -0.25) is 10.4 Å². The van der Waals surface area contributed by atoms with Crippen LogP contribution in [0.4, 0.5) is 0 Å². The summed E-state index contributed by atoms with van der Waals surface area (Å²) >= 11 is 0. The largest absolute Gasteiger partial charge is 0.497 e. The van der Waals surface area contributed by atoms with Gasteiger partial charge >= 0.3 is 0 Å². The summed E-state index contributed by atoms with van der Waals surface area (Å²) in [5.74, 6) is 1.24. The number of fused-ring (bicyclic) bond motifs is 1. The van der Waals surface area contributed by atoms with Gasteiger partial charge in [0.05, 0.1) is 29.3 Å². The molecule has 3 aromatic rings. The Labute approximate surface area is 150 Å². The zero-order valence-electron chi connectivity index (χ0n) is 14.1. The van der Waals surface area contributed by atoms with Crippen LogP contribution in [0.2, 0.25) is 0 Å². The number of H-pyrrole nitrogens is 1. The number of hydrogen-bond donors (Lipinski definition) is 3. The van der Waals surface area contributed by atoms with Crippen LogP contribution in [0.1, 0.15) is 17.0 Å². The lowest BCUT2D eigenvalue weighted by molar-refractivity contribution is -0.112. The third kappa shape index (κ3) is 3.44. The summed E-state index contributed by atoms with van der Waals surface area (Å²) in [4.78, 5) is 11.7. The Balaban J connectivity index is 1.87. The van der Waals surface area contributed by atoms with Crippen molar-refractivity contribution >= 4 is 22.8 Å². The molecule has 0 atom stereocenters. The first-order valence-electron chi connectivity index (χ1n) is 7.76. The quantitative estimate of drug-likeness (QED) is 0.469. The zero-order valence-corrected chi connectivity index (χ0v) is 14.1. The van der Waals surface area contributed by atoms with E-state index in [9.17, 15) is 0 Å². The van der Waals surface area contributed by atoms with Crippen molar-refractivity contribution in [1.82, 2.24) is 15.0 Å². The number of nitrogens with zero attached hydrogens (tertiary/aromatic N) is 3. The van der Waals surface area contributed by atoms with Gasteiger partial charge in [0.15, 0.2) is 0 Å². The van der Waals surface area contributed by atoms with E-state index in [1.807, 2.05) is 18.2 Å². The van der Waals surface area contributed by atoms with Gasteiger partial charge in [-0.05, 0) is 29.8 Å². The summed E-state index contributed by atoms with van der Waals surface area (Å²) in [6, 6.07) is 9.30. The van der Waals surface area contributed by atoms with Crippen molar-refractivity contribution < 1.29 is 10.1 Å². The van der Waals surface area contributed by atoms with E-state index in [2.05, 4.69) is 21.0 Å². The fraction of sp³-hybridized carbons (Fsp3) is 0.0526. The van der Waals surface area contributed by atoms with E-state index in [0.717, 1.165) is 22.3 Å². The molecule has 0 aliphatic rings. The van der Waals surface area contributed by atoms with Crippen molar-refractivity contribution in [3.05, 3.63) is 71.5 Å². The molecule has 0 spiro atoms. The van der Waals surface area contributed by atoms with Gasteiger partial charge in [0.2, 0.25) is 11.5 Å². The standard InChI is InChI=1S/C19H16N6O/c1-26-15-4-5-16-17(7-15)25-19(24-16)18(22)14(9-21)3-2-12-6-13(8-20)11-23-10-12/h2-7,9-11,22H,21H2,1H3,(H,24,25)/p+1/b3-2+,14-9-,22-18?. The molecule has 2 aromatic heterocycles. The van der Waals surface area contributed by atoms with Crippen LogP contribution < -0.4 is 15.9 Å². The van der Waals surface area contributed by atoms with Crippen molar-refractivity contribution in [2.75, 3.05) is 7.11 Å². The molecular weight excluding hydrogens is 328 g/mol. The number of hydrogen-bond acceptors (Lipinski definition) is 5. The van der Waals surface area contributed by atoms with E-state index < -0.39 is 0 Å². The zero-order chi connectivity index (χ0) is 18.5. The molecule has 0 unspecified atom stereocenters. The Morgan fingerprint density at radius 1 is 1.35 bits per heavy atom. The van der Waals surface area contributed by atoms with Gasteiger partial charge in [0, 0.05) is 24.7 Å². The highest BCUT2D eigenvalue weighted by molar-refractivity contribution is 6.09. The number of aromatic amines is 1. The minimum atomic E-state index is 0.406. The van der Waals surface area contributed by atoms with Crippen molar-refractivity contribution in [2.24, 2.45) is 5.73 Å². The lowest BCUT2D eigenvalue weighted by Gasteiger charge is -1.97. The third-order valence-electron chi connectivity index (χ3n) is 3.78. The second-order valence-corrected chi connectivity index (χ2v) is 5.46. The molecule has 3 rings (SSSR count). The topological polar surface area (TPSA) is 126 Å². The third-order valence-corrected chi connectivity index (χ3v) is 3.78. The number of methoxy groups -OCH3 is 1. The number of nitriles is 1. The van der Waals surface area contributed by atoms with Crippen LogP contribution in [0.25, 0.3) is 17.1 Å². The number of aromatic nitrogens is 3. The highest BCUT2D eigenvalue weighted by Gasteiger charge is 2.16. The molecule has 26 heavy (non-hydrogen) atoms. The molecule has 0 radical (unpaired) electrons. The van der Waals surface area contributed by atoms with Crippen molar-refractivity contribution in [1.29, 1.82) is 5.26 Å². The first-order chi connectivity index (χ1) is 12.6. The Kier molecular flexibility index (Phi) is 4.76. The van der Waals surface area contributed by atoms with Gasteiger partial charge in [-0.2, -0.15) is 5.26 Å². The summed E-state index contributed by atoms with van der Waals surface area (Å²) in [6.07, 6.45) is 8.09. The molecule has 0 amide bonds. The molecule has 0 aliphatic carbocycles. The summed E-state index contributed by atoms with van der Waals surface area (Å²) in [6.45, 7) is 0. The van der Waals surface area contributed by atoms with E-state index in [1.54, 1.807) is 31.5 Å². The lowest BCUT2D eigenvalue weighted by atomic mass is 10.1. The number of rotatable bonds is 5. The minimum Gasteiger partial charge on any atom is -0.497 e. The van der Waals surface area contributed by atoms with Crippen molar-refractivity contribution in [3.63, 3.8) is 0 Å². The monoisotopic (exact) mass is 345 g/mol. The molecule has 0 aliphatic heterocycles. The van der Waals surface area contributed by atoms with Gasteiger partial charge in [0.1, 0.15) is 11.8 Å². The Bertz CT molecular complexity index is 1070. The highest BCUT2D eigenvalue weighted by Crippen LogP contribution is 2.19. The maximum absolute atomic E-state index is 8.94. The van der Waals surface area contributed by atoms with Crippen molar-refractivity contribution in [2.45, 2.75) is 0 Å². The van der Waals surface area contributed by atoms with Gasteiger partial charge in [-0.25, -0.2) is 4.98 Å². The smallest absolute Gasteiger partial charge is 0.248 e. The molecule has 128 valence electrons. The molecule has 5 N–H and O–H groups in total. The fourth-order valence-electron chi connectivity index (χ4n) is 2.41. The number of nitrogens with one attached hydrogen (secondary N) is 1. The summed E-state index contributed by atoms with van der Waals surface area (Å²) in [5, 5.41) is 15.2. The number of benzene rings is 1. The van der Waals surface area contributed by atoms with E-state index in [1.165, 1.54) is 12.4 Å². The molecule has 0 bridgehead atoms. The number of ether oxygens (including phenoxy) is 1. The Morgan fingerprint density at radius 2 is 2.19 bits per heavy atom. The van der Waals surface area contributed by atoms with Gasteiger partial charge < -0.3 is 15.5 Å². The second-order valence-electron chi connectivity index (χ2n) is 5.46. The predicted molar refractivity (Wildman–Crippen MR) is 98.9 cm³/mol. The molecule has 0 saturated heterocycles. The number of nitrogens with two attached hydrogens (primary N) is 2. The molecule has 7 nitrogen and oxygen atoms in total. The molecule has 7 heteroatoms. The maximum Gasteiger partial charge on any atom is 0.248 e. The van der Waals surface area contributed by atoms with E-state index in [0.29, 0.717) is 22.7 Å². The van der Waals surface area contributed by atoms with E-state index in [4.69, 9.17) is 21.1 Å². The van der Waals surface area contributed by atoms with Crippen LogP contribution in [0, 0.1) is 11.3 Å². The van der Waals surface area contributed by atoms with Gasteiger partial charge in [0.25, 0.3) is 0 Å². The Hall–Kier alpha value is -3.92. The Morgan fingerprint density at radius 3 is 2.92 bits per heavy atom. The van der Waals surface area contributed by atoms with Crippen LogP contribution in [-0.4, -0.2) is 27.8 Å². The maximum atomic E-state index is 8.94. The first kappa shape index (κ1) is 16.9. The minimum absolute atomic E-state index is 0.406. The highest BCUT2D eigenvalue weighted by atomic mass is 16.5. The van der Waals surface area contributed by atoms with Gasteiger partial charge in [-0.15, -0.1) is 0 Å². The molecule has 0 saturated carbocycles. The second kappa shape index (κ2) is 7.32. The van der Waals surface area contributed by atoms with Crippen LogP contribution in [0.3, 0.4) is 0 Å². The van der Waals surface area contributed by atoms with Crippen LogP contribution in [0.5, 0.6) is 5.75 Å². The van der Waals surface area contributed by atoms with Crippen LogP contribution >= 0.6 is 0 Å². The molecule has 0 fully saturated rings. The lowest BCUT2D eigenvalue weighted by Crippen LogP contribution is -2.42. The number of pyridine rings is 1. The number of imidazole rings is 1. The normalized spacial score (nSPS) is 11.6. The molecular formula is C19H17N6O+. The average molecular weight is 345 g/mol. The SMILES string of the molecule is COc1ccc2nc(C(=[NH2+])C(=C\N)/C=C/c3cncc(C#N)c3)[nH]c2c1. The molecule has 2 heterocycles.